The first-order valence-corrected chi connectivity index (χ1v) is 37.3. The van der Waals surface area contributed by atoms with Crippen LogP contribution in [0.4, 0.5) is 98.5 Å². The Morgan fingerprint density at radius 3 is 1.05 bits per heavy atom. The van der Waals surface area contributed by atoms with Crippen molar-refractivity contribution in [1.29, 1.82) is 0 Å². The predicted octanol–water partition coefficient (Wildman–Crippen LogP) is 23.2. The third-order valence-corrected chi connectivity index (χ3v) is 22.8. The normalized spacial score (nSPS) is 12.8. The summed E-state index contributed by atoms with van der Waals surface area (Å²) in [5.74, 6) is 0. The maximum atomic E-state index is 15.1. The van der Waals surface area contributed by atoms with E-state index in [2.05, 4.69) is 376 Å². The second-order valence-corrected chi connectivity index (χ2v) is 28.9. The van der Waals surface area contributed by atoms with Gasteiger partial charge < -0.3 is 24.5 Å². The van der Waals surface area contributed by atoms with E-state index in [9.17, 15) is 0 Å². The Balaban J connectivity index is 0.842. The smallest absolute Gasteiger partial charge is 0.311 e. The van der Waals surface area contributed by atoms with E-state index < -0.39 is 11.7 Å². The highest BCUT2D eigenvalue weighted by Crippen LogP contribution is 2.52. The van der Waals surface area contributed by atoms with Gasteiger partial charge in [0.15, 0.2) is 0 Å². The summed E-state index contributed by atoms with van der Waals surface area (Å²) >= 11 is 1.77. The second-order valence-electron chi connectivity index (χ2n) is 27.9. The molecule has 0 N–H and O–H groups in total. The number of halogens is 3. The first-order valence-electron chi connectivity index (χ1n) is 36.5. The van der Waals surface area contributed by atoms with Crippen LogP contribution in [-0.4, -0.2) is 13.4 Å². The van der Waals surface area contributed by atoms with Crippen molar-refractivity contribution in [2.75, 3.05) is 24.5 Å². The molecule has 16 aromatic rings. The Hall–Kier alpha value is -13.2. The molecule has 4 aliphatic heterocycles. The molecule has 4 heterocycles. The largest absolute Gasteiger partial charge is 0.416 e. The Morgan fingerprint density at radius 2 is 0.593 bits per heavy atom. The van der Waals surface area contributed by atoms with Gasteiger partial charge in [0.2, 0.25) is 6.71 Å². The molecule has 0 unspecified atom stereocenters. The minimum atomic E-state index is -4.58. The standard InChI is InChI=1S/C97H64B2F3N5S/c100-97(101,102)73-49-55-78(56-50-73)107-89-64-93-86(99-84-42-20-22-44-88(84)106(75-37-17-6-18-38-75)92-61-82(62-94(108-93)96(92)99)104(77-53-47-70(48-54-77)66-27-9-2-10-28-66)80-40-24-34-72(58-80)68-31-13-4-14-32-68)63-85(89)98-83-41-19-21-43-87(83)105(74-35-15-5-16-36-74)90-59-81(60-91(107)95(90)98)103(76-51-45-69(46-52-76)65-25-7-1-8-26-65)79-39-23-33-71(57-79)67-29-11-3-12-30-67/h1-64H. The van der Waals surface area contributed by atoms with E-state index in [1.165, 1.54) is 23.1 Å². The molecule has 510 valence electrons. The van der Waals surface area contributed by atoms with Crippen LogP contribution in [0, 0.1) is 0 Å². The summed E-state index contributed by atoms with van der Waals surface area (Å²) in [6, 6.07) is 136. The quantitative estimate of drug-likeness (QED) is 0.106. The topological polar surface area (TPSA) is 16.2 Å². The number of nitrogens with zero attached hydrogens (tertiary/aromatic N) is 5. The van der Waals surface area contributed by atoms with Gasteiger partial charge in [-0.2, -0.15) is 13.2 Å². The van der Waals surface area contributed by atoms with Gasteiger partial charge in [0.05, 0.1) is 11.3 Å². The molecule has 108 heavy (non-hydrogen) atoms. The number of fused-ring (bicyclic) bond motifs is 8. The molecule has 16 aromatic carbocycles. The number of hydrogen-bond donors (Lipinski definition) is 0. The molecular formula is C97H64B2F3N5S. The lowest BCUT2D eigenvalue weighted by molar-refractivity contribution is -0.137. The number of hydrogen-bond acceptors (Lipinski definition) is 6. The second kappa shape index (κ2) is 26.4. The predicted molar refractivity (Wildman–Crippen MR) is 446 cm³/mol. The zero-order chi connectivity index (χ0) is 72.0. The van der Waals surface area contributed by atoms with Crippen LogP contribution < -0.4 is 57.3 Å². The third-order valence-electron chi connectivity index (χ3n) is 21.6. The lowest BCUT2D eigenvalue weighted by Gasteiger charge is -2.46. The molecule has 0 radical (unpaired) electrons. The fourth-order valence-corrected chi connectivity index (χ4v) is 18.0. The van der Waals surface area contributed by atoms with Crippen LogP contribution in [0.25, 0.3) is 44.5 Å². The molecule has 0 bridgehead atoms. The molecule has 0 aliphatic carbocycles. The molecule has 20 rings (SSSR count). The van der Waals surface area contributed by atoms with Crippen molar-refractivity contribution < 1.29 is 13.2 Å². The van der Waals surface area contributed by atoms with Crippen molar-refractivity contribution >= 4 is 143 Å². The highest BCUT2D eigenvalue weighted by atomic mass is 32.2. The number of rotatable bonds is 13. The van der Waals surface area contributed by atoms with Crippen LogP contribution in [0.1, 0.15) is 5.56 Å². The van der Waals surface area contributed by atoms with E-state index in [1.807, 2.05) is 12.1 Å². The highest BCUT2D eigenvalue weighted by molar-refractivity contribution is 8.00. The van der Waals surface area contributed by atoms with E-state index in [1.54, 1.807) is 23.9 Å². The lowest BCUT2D eigenvalue weighted by Crippen LogP contribution is -2.64. The molecule has 0 aromatic heterocycles. The van der Waals surface area contributed by atoms with Crippen molar-refractivity contribution in [3.05, 3.63) is 394 Å². The Labute approximate surface area is 631 Å². The maximum Gasteiger partial charge on any atom is 0.416 e. The van der Waals surface area contributed by atoms with Crippen molar-refractivity contribution in [2.24, 2.45) is 0 Å². The molecule has 0 amide bonds. The van der Waals surface area contributed by atoms with Gasteiger partial charge in [-0.25, -0.2) is 0 Å². The molecule has 0 atom stereocenters. The lowest BCUT2D eigenvalue weighted by atomic mass is 9.31. The molecular weight excluding hydrogens is 1350 g/mol. The monoisotopic (exact) mass is 1410 g/mol. The third kappa shape index (κ3) is 11.2. The van der Waals surface area contributed by atoms with Gasteiger partial charge in [0.1, 0.15) is 0 Å². The molecule has 4 aliphatic rings. The fraction of sp³-hybridized carbons (Fsp3) is 0.0103. The number of anilines is 15. The SMILES string of the molecule is FC(F)(F)c1ccc(N2c3cc4c(cc3B3c5ccccc5N(c5ccccc5)c5cc(N(c6ccc(-c7ccccc7)cc6)c6cccc(-c7ccccc7)c6)cc2c53)B2c3ccccc3N(c3ccccc3)c3cc(N(c5ccc(-c6ccccc6)cc5)c5cccc(-c6ccccc6)c5)cc(c32)S4)cc1. The van der Waals surface area contributed by atoms with E-state index in [0.717, 1.165) is 156 Å². The van der Waals surface area contributed by atoms with Crippen LogP contribution >= 0.6 is 11.8 Å². The van der Waals surface area contributed by atoms with Gasteiger partial charge in [-0.3, -0.25) is 0 Å². The zero-order valence-corrected chi connectivity index (χ0v) is 59.2. The van der Waals surface area contributed by atoms with Crippen molar-refractivity contribution in [3.8, 4) is 44.5 Å². The summed E-state index contributed by atoms with van der Waals surface area (Å²) in [5, 5.41) is 0. The number of para-hydroxylation sites is 4. The summed E-state index contributed by atoms with van der Waals surface area (Å²) < 4.78 is 45.3. The van der Waals surface area contributed by atoms with E-state index in [4.69, 9.17) is 0 Å². The summed E-state index contributed by atoms with van der Waals surface area (Å²) in [4.78, 5) is 14.0. The van der Waals surface area contributed by atoms with E-state index in [-0.39, 0.29) is 13.4 Å². The van der Waals surface area contributed by atoms with Crippen LogP contribution in [0.15, 0.2) is 398 Å². The molecule has 0 saturated carbocycles. The molecule has 11 heteroatoms. The van der Waals surface area contributed by atoms with Crippen molar-refractivity contribution in [3.63, 3.8) is 0 Å². The van der Waals surface area contributed by atoms with Gasteiger partial charge in [-0.05, 0) is 211 Å². The van der Waals surface area contributed by atoms with Gasteiger partial charge in [0.25, 0.3) is 6.71 Å². The summed E-state index contributed by atoms with van der Waals surface area (Å²) in [5.41, 5.74) is 29.0. The van der Waals surface area contributed by atoms with E-state index >= 15 is 13.2 Å². The highest BCUT2D eigenvalue weighted by Gasteiger charge is 2.48. The minimum Gasteiger partial charge on any atom is -0.311 e. The van der Waals surface area contributed by atoms with Gasteiger partial charge >= 0.3 is 6.18 Å². The van der Waals surface area contributed by atoms with Gasteiger partial charge in [-0.15, -0.1) is 0 Å². The zero-order valence-electron chi connectivity index (χ0n) is 58.4. The molecule has 0 saturated heterocycles. The van der Waals surface area contributed by atoms with Crippen molar-refractivity contribution in [2.45, 2.75) is 16.0 Å². The average molecular weight is 1410 g/mol. The minimum absolute atomic E-state index is 0.252. The summed E-state index contributed by atoms with van der Waals surface area (Å²) in [7, 11) is 0. The Morgan fingerprint density at radius 1 is 0.231 bits per heavy atom. The van der Waals surface area contributed by atoms with Gasteiger partial charge in [-0.1, -0.05) is 266 Å². The van der Waals surface area contributed by atoms with Crippen LogP contribution in [0.5, 0.6) is 0 Å². The van der Waals surface area contributed by atoms with Crippen LogP contribution in [0.3, 0.4) is 0 Å². The Kier molecular flexibility index (Phi) is 15.8. The van der Waals surface area contributed by atoms with Crippen molar-refractivity contribution in [1.82, 2.24) is 0 Å². The number of alkyl halides is 3. The first kappa shape index (κ1) is 64.4. The summed E-state index contributed by atoms with van der Waals surface area (Å²) in [6.45, 7) is -0.606. The molecule has 0 spiro atoms. The number of benzene rings is 16. The van der Waals surface area contributed by atoms with Gasteiger partial charge in [0, 0.05) is 89.4 Å². The van der Waals surface area contributed by atoms with Crippen LogP contribution in [0.2, 0.25) is 0 Å². The molecule has 0 fully saturated rings. The maximum absolute atomic E-state index is 15.1. The average Bonchev–Trinajstić information content (AvgIpc) is 0.690. The van der Waals surface area contributed by atoms with Crippen LogP contribution in [-0.2, 0) is 6.18 Å². The first-order chi connectivity index (χ1) is 53.2. The summed E-state index contributed by atoms with van der Waals surface area (Å²) in [6.07, 6.45) is -4.58. The Bertz CT molecular complexity index is 6100. The molecule has 5 nitrogen and oxygen atoms in total. The fourth-order valence-electron chi connectivity index (χ4n) is 16.8. The van der Waals surface area contributed by atoms with E-state index in [0.29, 0.717) is 5.69 Å².